The van der Waals surface area contributed by atoms with Crippen LogP contribution in [0.1, 0.15) is 34.3 Å². The number of anilines is 1. The number of benzene rings is 2. The van der Waals surface area contributed by atoms with Crippen LogP contribution < -0.4 is 10.1 Å². The van der Waals surface area contributed by atoms with Crippen LogP contribution in [0.5, 0.6) is 5.75 Å². The van der Waals surface area contributed by atoms with Crippen molar-refractivity contribution in [1.82, 2.24) is 14.6 Å². The largest absolute Gasteiger partial charge is 0.496 e. The van der Waals surface area contributed by atoms with Crippen molar-refractivity contribution < 1.29 is 14.3 Å². The fraction of sp³-hybridized carbons (Fsp3) is 0.217. The SMILES string of the molecule is COc1ccccc1-c1csc2nc(NC(=O)CCC(=O)c3ccc(C)c(C)c3)nn12. The number of nitrogens with one attached hydrogen (secondary N) is 1. The molecule has 2 heterocycles. The van der Waals surface area contributed by atoms with E-state index in [1.165, 1.54) is 11.3 Å². The molecule has 0 spiro atoms. The third-order valence-corrected chi connectivity index (χ3v) is 5.94. The number of methoxy groups -OCH3 is 1. The molecule has 1 amide bonds. The van der Waals surface area contributed by atoms with Gasteiger partial charge in [-0.2, -0.15) is 4.98 Å². The van der Waals surface area contributed by atoms with E-state index in [0.717, 1.165) is 28.1 Å². The molecule has 0 bridgehead atoms. The molecule has 4 rings (SSSR count). The number of aryl methyl sites for hydroxylation is 2. The number of Topliss-reactive ketones (excluding diaryl/α,β-unsaturated/α-hetero) is 1. The molecule has 2 aromatic heterocycles. The van der Waals surface area contributed by atoms with Gasteiger partial charge in [-0.1, -0.05) is 24.3 Å². The minimum atomic E-state index is -0.297. The number of amides is 1. The molecule has 0 fully saturated rings. The average Bonchev–Trinajstić information content (AvgIpc) is 3.34. The van der Waals surface area contributed by atoms with E-state index in [4.69, 9.17) is 4.74 Å². The van der Waals surface area contributed by atoms with E-state index in [-0.39, 0.29) is 30.5 Å². The smallest absolute Gasteiger partial charge is 0.250 e. The average molecular weight is 435 g/mol. The van der Waals surface area contributed by atoms with Crippen molar-refractivity contribution in [3.05, 3.63) is 64.5 Å². The molecule has 0 aliphatic rings. The lowest BCUT2D eigenvalue weighted by Crippen LogP contribution is -2.14. The molecule has 1 N–H and O–H groups in total. The molecular weight excluding hydrogens is 412 g/mol. The minimum absolute atomic E-state index is 0.0597. The van der Waals surface area contributed by atoms with Crippen LogP contribution in [0, 0.1) is 13.8 Å². The van der Waals surface area contributed by atoms with Crippen LogP contribution in [0.15, 0.2) is 47.8 Å². The molecule has 0 aliphatic carbocycles. The number of aromatic nitrogens is 3. The normalized spacial score (nSPS) is 10.9. The Hall–Kier alpha value is -3.52. The number of fused-ring (bicyclic) bond motifs is 1. The first-order valence-electron chi connectivity index (χ1n) is 9.84. The Morgan fingerprint density at radius 2 is 1.90 bits per heavy atom. The molecule has 158 valence electrons. The zero-order chi connectivity index (χ0) is 22.0. The maximum Gasteiger partial charge on any atom is 0.250 e. The second kappa shape index (κ2) is 8.69. The zero-order valence-electron chi connectivity index (χ0n) is 17.5. The fourth-order valence-corrected chi connectivity index (χ4v) is 4.07. The summed E-state index contributed by atoms with van der Waals surface area (Å²) >= 11 is 1.42. The summed E-state index contributed by atoms with van der Waals surface area (Å²) in [6, 6.07) is 13.2. The Balaban J connectivity index is 1.44. The number of para-hydroxylation sites is 1. The predicted molar refractivity (Wildman–Crippen MR) is 121 cm³/mol. The monoisotopic (exact) mass is 434 g/mol. The van der Waals surface area contributed by atoms with Gasteiger partial charge in [-0.15, -0.1) is 16.4 Å². The van der Waals surface area contributed by atoms with Gasteiger partial charge in [0.1, 0.15) is 5.75 Å². The summed E-state index contributed by atoms with van der Waals surface area (Å²) in [6.45, 7) is 3.97. The molecule has 0 aliphatic heterocycles. The van der Waals surface area contributed by atoms with E-state index in [2.05, 4.69) is 15.4 Å². The molecule has 0 atom stereocenters. The predicted octanol–water partition coefficient (Wildman–Crippen LogP) is 4.68. The fourth-order valence-electron chi connectivity index (χ4n) is 3.25. The highest BCUT2D eigenvalue weighted by atomic mass is 32.1. The molecule has 2 aromatic carbocycles. The van der Waals surface area contributed by atoms with Crippen LogP contribution >= 0.6 is 11.3 Å². The Labute approximate surface area is 183 Å². The van der Waals surface area contributed by atoms with Gasteiger partial charge in [0, 0.05) is 29.3 Å². The third-order valence-electron chi connectivity index (χ3n) is 5.12. The number of ketones is 1. The van der Waals surface area contributed by atoms with Gasteiger partial charge in [-0.3, -0.25) is 14.9 Å². The van der Waals surface area contributed by atoms with Gasteiger partial charge in [0.2, 0.25) is 16.8 Å². The molecule has 8 heteroatoms. The zero-order valence-corrected chi connectivity index (χ0v) is 18.3. The standard InChI is InChI=1S/C23H22N4O3S/c1-14-8-9-16(12-15(14)2)19(28)10-11-21(29)24-22-25-23-27(26-22)18(13-31-23)17-6-4-5-7-20(17)30-3/h4-9,12-13H,10-11H2,1-3H3,(H,24,26,29). The van der Waals surface area contributed by atoms with Crippen LogP contribution in [0.2, 0.25) is 0 Å². The summed E-state index contributed by atoms with van der Waals surface area (Å²) in [5.41, 5.74) is 4.53. The summed E-state index contributed by atoms with van der Waals surface area (Å²) in [7, 11) is 1.62. The summed E-state index contributed by atoms with van der Waals surface area (Å²) in [6.07, 6.45) is 0.195. The lowest BCUT2D eigenvalue weighted by molar-refractivity contribution is -0.116. The summed E-state index contributed by atoms with van der Waals surface area (Å²) < 4.78 is 7.11. The van der Waals surface area contributed by atoms with E-state index < -0.39 is 0 Å². The number of nitrogens with zero attached hydrogens (tertiary/aromatic N) is 3. The number of carbonyl (C=O) groups is 2. The number of hydrogen-bond acceptors (Lipinski definition) is 6. The topological polar surface area (TPSA) is 85.6 Å². The second-order valence-corrected chi connectivity index (χ2v) is 8.06. The molecule has 4 aromatic rings. The minimum Gasteiger partial charge on any atom is -0.496 e. The Morgan fingerprint density at radius 1 is 1.10 bits per heavy atom. The summed E-state index contributed by atoms with van der Waals surface area (Å²) in [5, 5.41) is 9.05. The second-order valence-electron chi connectivity index (χ2n) is 7.22. The maximum atomic E-state index is 12.4. The van der Waals surface area contributed by atoms with Gasteiger partial charge in [0.05, 0.1) is 12.8 Å². The van der Waals surface area contributed by atoms with Gasteiger partial charge < -0.3 is 4.74 Å². The number of ether oxygens (including phenoxy) is 1. The van der Waals surface area contributed by atoms with Crippen LogP contribution in [-0.2, 0) is 4.79 Å². The van der Waals surface area contributed by atoms with Crippen LogP contribution in [-0.4, -0.2) is 33.4 Å². The van der Waals surface area contributed by atoms with E-state index in [0.29, 0.717) is 10.5 Å². The number of thiazole rings is 1. The molecule has 0 radical (unpaired) electrons. The molecular formula is C23H22N4O3S. The Morgan fingerprint density at radius 3 is 2.68 bits per heavy atom. The molecule has 31 heavy (non-hydrogen) atoms. The van der Waals surface area contributed by atoms with Gasteiger partial charge in [-0.25, -0.2) is 4.52 Å². The lowest BCUT2D eigenvalue weighted by atomic mass is 10.0. The van der Waals surface area contributed by atoms with Crippen LogP contribution in [0.4, 0.5) is 5.95 Å². The molecule has 0 saturated carbocycles. The van der Waals surface area contributed by atoms with Crippen LogP contribution in [0.25, 0.3) is 16.2 Å². The quantitative estimate of drug-likeness (QED) is 0.427. The lowest BCUT2D eigenvalue weighted by Gasteiger charge is -2.06. The first-order chi connectivity index (χ1) is 15.0. The van der Waals surface area contributed by atoms with Gasteiger partial charge >= 0.3 is 0 Å². The van der Waals surface area contributed by atoms with Crippen molar-refractivity contribution in [1.29, 1.82) is 0 Å². The van der Waals surface area contributed by atoms with Crippen molar-refractivity contribution in [2.24, 2.45) is 0 Å². The Bertz CT molecular complexity index is 1280. The first-order valence-corrected chi connectivity index (χ1v) is 10.7. The van der Waals surface area contributed by atoms with Crippen LogP contribution in [0.3, 0.4) is 0 Å². The van der Waals surface area contributed by atoms with E-state index in [9.17, 15) is 9.59 Å². The van der Waals surface area contributed by atoms with Gasteiger partial charge in [0.25, 0.3) is 0 Å². The third kappa shape index (κ3) is 4.34. The van der Waals surface area contributed by atoms with E-state index in [1.54, 1.807) is 17.7 Å². The molecule has 0 saturated heterocycles. The van der Waals surface area contributed by atoms with E-state index in [1.807, 2.05) is 55.6 Å². The highest BCUT2D eigenvalue weighted by Gasteiger charge is 2.16. The number of carbonyl (C=O) groups excluding carboxylic acids is 2. The first kappa shape index (κ1) is 20.7. The van der Waals surface area contributed by atoms with Crippen molar-refractivity contribution in [3.63, 3.8) is 0 Å². The van der Waals surface area contributed by atoms with Crippen molar-refractivity contribution in [2.75, 3.05) is 12.4 Å². The highest BCUT2D eigenvalue weighted by Crippen LogP contribution is 2.32. The highest BCUT2D eigenvalue weighted by molar-refractivity contribution is 7.15. The molecule has 7 nitrogen and oxygen atoms in total. The molecule has 0 unspecified atom stereocenters. The van der Waals surface area contributed by atoms with Crippen molar-refractivity contribution in [2.45, 2.75) is 26.7 Å². The van der Waals surface area contributed by atoms with E-state index >= 15 is 0 Å². The Kier molecular flexibility index (Phi) is 5.81. The van der Waals surface area contributed by atoms with Crippen molar-refractivity contribution in [3.8, 4) is 17.0 Å². The summed E-state index contributed by atoms with van der Waals surface area (Å²) in [5.74, 6) is 0.588. The van der Waals surface area contributed by atoms with Gasteiger partial charge in [-0.05, 0) is 43.2 Å². The van der Waals surface area contributed by atoms with Crippen molar-refractivity contribution >= 4 is 33.9 Å². The number of hydrogen-bond donors (Lipinski definition) is 1. The maximum absolute atomic E-state index is 12.4. The summed E-state index contributed by atoms with van der Waals surface area (Å²) in [4.78, 5) is 29.8. The van der Waals surface area contributed by atoms with Gasteiger partial charge in [0.15, 0.2) is 5.78 Å². The number of rotatable bonds is 7.